The molecule has 2 aromatic heterocycles. The number of likely N-dealkylation sites (tertiary alicyclic amines) is 1. The molecule has 170 valence electrons. The zero-order valence-corrected chi connectivity index (χ0v) is 20.9. The fourth-order valence-corrected chi connectivity index (χ4v) is 4.71. The van der Waals surface area contributed by atoms with Gasteiger partial charge < -0.3 is 13.7 Å². The van der Waals surface area contributed by atoms with E-state index in [0.717, 1.165) is 5.69 Å². The van der Waals surface area contributed by atoms with Crippen molar-refractivity contribution in [1.29, 1.82) is 0 Å². The first-order valence-electron chi connectivity index (χ1n) is 10.8. The van der Waals surface area contributed by atoms with Gasteiger partial charge in [0.2, 0.25) is 0 Å². The summed E-state index contributed by atoms with van der Waals surface area (Å²) < 4.78 is 18.0. The minimum Gasteiger partial charge on any atom is -0.444 e. The van der Waals surface area contributed by atoms with Crippen LogP contribution in [0.5, 0.6) is 0 Å². The van der Waals surface area contributed by atoms with Gasteiger partial charge in [-0.3, -0.25) is 9.88 Å². The summed E-state index contributed by atoms with van der Waals surface area (Å²) in [5.74, 6) is 0.618. The molecule has 3 heterocycles. The van der Waals surface area contributed by atoms with E-state index in [1.54, 1.807) is 11.1 Å². The van der Waals surface area contributed by atoms with E-state index < -0.39 is 13.9 Å². The predicted molar refractivity (Wildman–Crippen MR) is 122 cm³/mol. The van der Waals surface area contributed by atoms with E-state index in [1.165, 1.54) is 0 Å². The summed E-state index contributed by atoms with van der Waals surface area (Å²) in [4.78, 5) is 19.1. The van der Waals surface area contributed by atoms with Crippen LogP contribution in [-0.4, -0.2) is 47.7 Å². The molecule has 0 aliphatic carbocycles. The van der Waals surface area contributed by atoms with Crippen molar-refractivity contribution in [3.05, 3.63) is 36.2 Å². The Morgan fingerprint density at radius 2 is 1.87 bits per heavy atom. The summed E-state index contributed by atoms with van der Waals surface area (Å²) in [6.07, 6.45) is 1.91. The molecule has 1 saturated heterocycles. The molecule has 2 aromatic rings. The Kier molecular flexibility index (Phi) is 6.35. The first-order chi connectivity index (χ1) is 14.3. The highest BCUT2D eigenvalue weighted by Crippen LogP contribution is 2.42. The molecule has 0 saturated carbocycles. The minimum absolute atomic E-state index is 0.0817. The maximum atomic E-state index is 13.0. The summed E-state index contributed by atoms with van der Waals surface area (Å²) in [7, 11) is -1.99. The standard InChI is InChI=1S/C23H35N3O4Si/c1-22(2,3)28-21(27)26-15-16(30-31(7,8)23(4,5)6)13-19(26)20-14-18(25-29-20)17-11-9-10-12-24-17/h9-12,14,16,19H,13,15H2,1-8H3. The fraction of sp³-hybridized carbons (Fsp3) is 0.609. The molecule has 0 radical (unpaired) electrons. The van der Waals surface area contributed by atoms with E-state index in [0.29, 0.717) is 24.4 Å². The Hall–Kier alpha value is -2.19. The smallest absolute Gasteiger partial charge is 0.411 e. The molecule has 3 rings (SSSR count). The van der Waals surface area contributed by atoms with Gasteiger partial charge in [0.25, 0.3) is 0 Å². The Morgan fingerprint density at radius 1 is 1.16 bits per heavy atom. The topological polar surface area (TPSA) is 77.7 Å². The quantitative estimate of drug-likeness (QED) is 0.553. The molecule has 31 heavy (non-hydrogen) atoms. The second-order valence-corrected chi connectivity index (χ2v) is 15.5. The molecule has 1 aliphatic heterocycles. The van der Waals surface area contributed by atoms with Crippen molar-refractivity contribution in [2.75, 3.05) is 6.54 Å². The number of carbonyl (C=O) groups is 1. The SMILES string of the molecule is CC(C)(C)OC(=O)N1CC(O[Si](C)(C)C(C)(C)C)CC1c1cc(-c2ccccn2)no1. The monoisotopic (exact) mass is 445 g/mol. The van der Waals surface area contributed by atoms with Gasteiger partial charge in [0.05, 0.1) is 17.8 Å². The van der Waals surface area contributed by atoms with Gasteiger partial charge in [-0.15, -0.1) is 0 Å². The van der Waals surface area contributed by atoms with Crippen LogP contribution in [0.1, 0.15) is 59.8 Å². The summed E-state index contributed by atoms with van der Waals surface area (Å²) in [5, 5.41) is 4.27. The largest absolute Gasteiger partial charge is 0.444 e. The molecule has 0 aromatic carbocycles. The van der Waals surface area contributed by atoms with Gasteiger partial charge in [0, 0.05) is 25.2 Å². The predicted octanol–water partition coefficient (Wildman–Crippen LogP) is 5.81. The van der Waals surface area contributed by atoms with Crippen molar-refractivity contribution in [1.82, 2.24) is 15.0 Å². The average molecular weight is 446 g/mol. The zero-order chi connectivity index (χ0) is 23.0. The lowest BCUT2D eigenvalue weighted by atomic mass is 10.1. The molecule has 0 spiro atoms. The normalized spacial score (nSPS) is 20.2. The molecular weight excluding hydrogens is 410 g/mol. The minimum atomic E-state index is -1.99. The highest BCUT2D eigenvalue weighted by molar-refractivity contribution is 6.74. The van der Waals surface area contributed by atoms with Gasteiger partial charge in [0.1, 0.15) is 11.3 Å². The molecule has 2 unspecified atom stereocenters. The Morgan fingerprint density at radius 3 is 2.45 bits per heavy atom. The van der Waals surface area contributed by atoms with Crippen LogP contribution < -0.4 is 0 Å². The Balaban J connectivity index is 1.86. The van der Waals surface area contributed by atoms with E-state index in [9.17, 15) is 4.79 Å². The maximum Gasteiger partial charge on any atom is 0.411 e. The summed E-state index contributed by atoms with van der Waals surface area (Å²) in [6, 6.07) is 7.20. The van der Waals surface area contributed by atoms with Crippen molar-refractivity contribution in [2.24, 2.45) is 0 Å². The summed E-state index contributed by atoms with van der Waals surface area (Å²) in [6.45, 7) is 17.2. The molecule has 8 heteroatoms. The Labute approximate surface area is 186 Å². The van der Waals surface area contributed by atoms with Crippen LogP contribution in [-0.2, 0) is 9.16 Å². The zero-order valence-electron chi connectivity index (χ0n) is 19.9. The summed E-state index contributed by atoms with van der Waals surface area (Å²) >= 11 is 0. The van der Waals surface area contributed by atoms with Crippen LogP contribution >= 0.6 is 0 Å². The van der Waals surface area contributed by atoms with Crippen molar-refractivity contribution in [3.63, 3.8) is 0 Å². The van der Waals surface area contributed by atoms with E-state index in [4.69, 9.17) is 13.7 Å². The molecular formula is C23H35N3O4Si. The fourth-order valence-electron chi connectivity index (χ4n) is 3.35. The maximum absolute atomic E-state index is 13.0. The highest BCUT2D eigenvalue weighted by Gasteiger charge is 2.46. The summed E-state index contributed by atoms with van der Waals surface area (Å²) in [5.41, 5.74) is 0.794. The molecule has 0 N–H and O–H groups in total. The second-order valence-electron chi connectivity index (χ2n) is 10.7. The van der Waals surface area contributed by atoms with Crippen LogP contribution in [0.3, 0.4) is 0 Å². The first kappa shape index (κ1) is 23.5. The molecule has 2 atom stereocenters. The highest BCUT2D eigenvalue weighted by atomic mass is 28.4. The lowest BCUT2D eigenvalue weighted by Gasteiger charge is -2.38. The number of carbonyl (C=O) groups excluding carboxylic acids is 1. The molecule has 1 amide bonds. The molecule has 1 aliphatic rings. The number of hydrogen-bond donors (Lipinski definition) is 0. The second kappa shape index (κ2) is 8.39. The van der Waals surface area contributed by atoms with E-state index in [-0.39, 0.29) is 23.3 Å². The van der Waals surface area contributed by atoms with Crippen molar-refractivity contribution < 1.29 is 18.5 Å². The van der Waals surface area contributed by atoms with Gasteiger partial charge in [-0.2, -0.15) is 0 Å². The van der Waals surface area contributed by atoms with Gasteiger partial charge in [0.15, 0.2) is 14.1 Å². The number of pyridine rings is 1. The van der Waals surface area contributed by atoms with Crippen LogP contribution in [0.2, 0.25) is 18.1 Å². The lowest BCUT2D eigenvalue weighted by Crippen LogP contribution is -2.45. The van der Waals surface area contributed by atoms with Crippen LogP contribution in [0.15, 0.2) is 35.0 Å². The Bertz CT molecular complexity index is 900. The number of aromatic nitrogens is 2. The number of amides is 1. The van der Waals surface area contributed by atoms with Crippen LogP contribution in [0.4, 0.5) is 4.79 Å². The van der Waals surface area contributed by atoms with Gasteiger partial charge in [-0.05, 0) is 51.0 Å². The van der Waals surface area contributed by atoms with Gasteiger partial charge in [-0.1, -0.05) is 32.0 Å². The van der Waals surface area contributed by atoms with Crippen LogP contribution in [0, 0.1) is 0 Å². The lowest BCUT2D eigenvalue weighted by molar-refractivity contribution is 0.0190. The van der Waals surface area contributed by atoms with Gasteiger partial charge >= 0.3 is 6.09 Å². The van der Waals surface area contributed by atoms with E-state index in [2.05, 4.69) is 44.0 Å². The third-order valence-electron chi connectivity index (χ3n) is 5.94. The third-order valence-corrected chi connectivity index (χ3v) is 10.5. The third kappa shape index (κ3) is 5.54. The number of nitrogens with zero attached hydrogens (tertiary/aromatic N) is 3. The van der Waals surface area contributed by atoms with Crippen molar-refractivity contribution >= 4 is 14.4 Å². The van der Waals surface area contributed by atoms with E-state index in [1.807, 2.05) is 45.0 Å². The molecule has 7 nitrogen and oxygen atoms in total. The van der Waals surface area contributed by atoms with Gasteiger partial charge in [-0.25, -0.2) is 4.79 Å². The number of rotatable bonds is 4. The van der Waals surface area contributed by atoms with Crippen LogP contribution in [0.25, 0.3) is 11.4 Å². The number of ether oxygens (including phenoxy) is 1. The number of hydrogen-bond acceptors (Lipinski definition) is 6. The average Bonchev–Trinajstić information content (AvgIpc) is 3.26. The van der Waals surface area contributed by atoms with Crippen molar-refractivity contribution in [3.8, 4) is 11.4 Å². The molecule has 1 fully saturated rings. The first-order valence-corrected chi connectivity index (χ1v) is 13.7. The molecule has 0 bridgehead atoms. The van der Waals surface area contributed by atoms with E-state index >= 15 is 0 Å². The van der Waals surface area contributed by atoms with Crippen molar-refractivity contribution in [2.45, 2.75) is 83.8 Å².